The van der Waals surface area contributed by atoms with Crippen molar-refractivity contribution < 1.29 is 38.2 Å². The largest absolute Gasteiger partial charge is 0.477 e. The number of likely N-dealkylation sites (N-methyl/N-ethyl adjacent to an activating group) is 1. The van der Waals surface area contributed by atoms with Crippen LogP contribution in [0.1, 0.15) is 200 Å². The molecule has 0 saturated carbocycles. The summed E-state index contributed by atoms with van der Waals surface area (Å²) in [5.74, 6) is -1.52. The van der Waals surface area contributed by atoms with E-state index >= 15 is 0 Å². The summed E-state index contributed by atoms with van der Waals surface area (Å²) in [6, 6.07) is -0.623. The summed E-state index contributed by atoms with van der Waals surface area (Å²) in [6.45, 7) is 4.69. The Kier molecular flexibility index (Phi) is 39.1. The zero-order valence-corrected chi connectivity index (χ0v) is 38.2. The van der Waals surface area contributed by atoms with Gasteiger partial charge in [0.05, 0.1) is 34.4 Å². The van der Waals surface area contributed by atoms with Gasteiger partial charge >= 0.3 is 17.9 Å². The second-order valence-corrected chi connectivity index (χ2v) is 17.1. The van der Waals surface area contributed by atoms with Crippen molar-refractivity contribution in [2.75, 3.05) is 41.0 Å². The summed E-state index contributed by atoms with van der Waals surface area (Å²) in [4.78, 5) is 37.0. The molecule has 0 aliphatic heterocycles. The van der Waals surface area contributed by atoms with E-state index < -0.39 is 18.1 Å². The summed E-state index contributed by atoms with van der Waals surface area (Å²) in [7, 11) is 5.51. The van der Waals surface area contributed by atoms with Gasteiger partial charge in [0, 0.05) is 19.3 Å². The summed E-state index contributed by atoms with van der Waals surface area (Å²) < 4.78 is 17.3. The van der Waals surface area contributed by atoms with E-state index in [-0.39, 0.29) is 36.2 Å². The highest BCUT2D eigenvalue weighted by molar-refractivity contribution is 5.72. The van der Waals surface area contributed by atoms with Gasteiger partial charge in [0.1, 0.15) is 6.61 Å². The lowest BCUT2D eigenvalue weighted by molar-refractivity contribution is -0.887. The molecule has 0 rings (SSSR count). The van der Waals surface area contributed by atoms with Gasteiger partial charge in [0.25, 0.3) is 0 Å². The van der Waals surface area contributed by atoms with Crippen LogP contribution in [0.3, 0.4) is 0 Å². The number of carbonyl (C=O) groups is 3. The van der Waals surface area contributed by atoms with Crippen molar-refractivity contribution in [1.82, 2.24) is 0 Å². The number of ether oxygens (including phenoxy) is 3. The average Bonchev–Trinajstić information content (AvgIpc) is 3.18. The Balaban J connectivity index is 4.38. The number of rotatable bonds is 42. The van der Waals surface area contributed by atoms with E-state index in [1.165, 1.54) is 96.3 Å². The Morgan fingerprint density at radius 1 is 0.517 bits per heavy atom. The van der Waals surface area contributed by atoms with Crippen LogP contribution in [-0.2, 0) is 28.6 Å². The second kappa shape index (κ2) is 41.0. The molecule has 58 heavy (non-hydrogen) atoms. The van der Waals surface area contributed by atoms with Gasteiger partial charge in [0.2, 0.25) is 0 Å². The fourth-order valence-electron chi connectivity index (χ4n) is 6.78. The van der Waals surface area contributed by atoms with Gasteiger partial charge in [-0.25, -0.2) is 4.79 Å². The van der Waals surface area contributed by atoms with Crippen LogP contribution >= 0.6 is 0 Å². The molecule has 0 amide bonds. The van der Waals surface area contributed by atoms with E-state index in [2.05, 4.69) is 62.5 Å². The highest BCUT2D eigenvalue weighted by atomic mass is 16.6. The number of esters is 2. The summed E-state index contributed by atoms with van der Waals surface area (Å²) in [5.41, 5.74) is 0. The van der Waals surface area contributed by atoms with E-state index in [1.807, 2.05) is 21.1 Å². The Morgan fingerprint density at radius 3 is 1.31 bits per heavy atom. The molecule has 2 unspecified atom stereocenters. The van der Waals surface area contributed by atoms with Crippen LogP contribution in [0.15, 0.2) is 48.6 Å². The van der Waals surface area contributed by atoms with Crippen molar-refractivity contribution in [2.24, 2.45) is 0 Å². The van der Waals surface area contributed by atoms with Gasteiger partial charge in [-0.2, -0.15) is 0 Å². The Hall–Kier alpha value is -2.71. The average molecular weight is 817 g/mol. The minimum Gasteiger partial charge on any atom is -0.477 e. The number of unbranched alkanes of at least 4 members (excludes halogenated alkanes) is 22. The lowest BCUT2D eigenvalue weighted by Gasteiger charge is -2.31. The van der Waals surface area contributed by atoms with Gasteiger partial charge in [-0.05, 0) is 64.2 Å². The number of carboxylic acids is 1. The van der Waals surface area contributed by atoms with E-state index in [1.54, 1.807) is 0 Å². The number of aliphatic carboxylic acids is 1. The number of carboxylic acid groups (broad SMARTS) is 1. The van der Waals surface area contributed by atoms with Gasteiger partial charge < -0.3 is 23.8 Å². The van der Waals surface area contributed by atoms with Gasteiger partial charge in [0.15, 0.2) is 12.1 Å². The molecule has 0 aromatic rings. The van der Waals surface area contributed by atoms with Crippen molar-refractivity contribution in [3.63, 3.8) is 0 Å². The van der Waals surface area contributed by atoms with E-state index in [0.29, 0.717) is 19.3 Å². The number of hydrogen-bond donors (Lipinski definition) is 1. The molecular weight excluding hydrogens is 727 g/mol. The summed E-state index contributed by atoms with van der Waals surface area (Å²) in [6.07, 6.45) is 48.7. The first-order chi connectivity index (χ1) is 28.1. The van der Waals surface area contributed by atoms with Crippen LogP contribution in [0.4, 0.5) is 0 Å². The predicted molar refractivity (Wildman–Crippen MR) is 243 cm³/mol. The molecule has 0 aromatic heterocycles. The Bertz CT molecular complexity index is 1090. The van der Waals surface area contributed by atoms with Crippen molar-refractivity contribution in [3.05, 3.63) is 48.6 Å². The van der Waals surface area contributed by atoms with Crippen LogP contribution in [0.5, 0.6) is 0 Å². The maximum atomic E-state index is 12.7. The number of quaternary nitrogens is 1. The molecule has 0 aliphatic rings. The standard InChI is InChI=1S/C50H89NO7/c1-6-8-10-12-14-16-18-20-22-24-25-27-28-30-32-34-36-38-40-48(52)57-45-46(44-56-43-42-47(50(54)55)51(3,4)5)58-49(53)41-39-37-35-33-31-29-26-23-21-19-17-15-13-11-9-7-2/h22-27,29,31,46-47H,6-21,28,30,32-45H2,1-5H3/p+1/b24-22+,26-23+,27-25+,31-29+. The topological polar surface area (TPSA) is 99.1 Å². The molecule has 2 atom stereocenters. The van der Waals surface area contributed by atoms with Crippen LogP contribution < -0.4 is 0 Å². The fraction of sp³-hybridized carbons (Fsp3) is 0.780. The third-order valence-corrected chi connectivity index (χ3v) is 10.5. The van der Waals surface area contributed by atoms with E-state index in [9.17, 15) is 19.5 Å². The molecule has 1 N–H and O–H groups in total. The number of allylic oxidation sites excluding steroid dienone is 8. The molecular formula is C50H90NO7+. The monoisotopic (exact) mass is 817 g/mol. The first-order valence-corrected chi connectivity index (χ1v) is 23.7. The molecule has 0 bridgehead atoms. The third-order valence-electron chi connectivity index (χ3n) is 10.5. The van der Waals surface area contributed by atoms with Crippen LogP contribution in [-0.4, -0.2) is 80.6 Å². The van der Waals surface area contributed by atoms with Crippen molar-refractivity contribution in [1.29, 1.82) is 0 Å². The normalized spacial score (nSPS) is 13.3. The van der Waals surface area contributed by atoms with Crippen molar-refractivity contribution >= 4 is 17.9 Å². The smallest absolute Gasteiger partial charge is 0.362 e. The highest BCUT2D eigenvalue weighted by Gasteiger charge is 2.31. The number of nitrogens with zero attached hydrogens (tertiary/aromatic N) is 1. The zero-order valence-electron chi connectivity index (χ0n) is 38.2. The van der Waals surface area contributed by atoms with Crippen LogP contribution in [0, 0.1) is 0 Å². The summed E-state index contributed by atoms with van der Waals surface area (Å²) in [5, 5.41) is 9.63. The molecule has 8 heteroatoms. The van der Waals surface area contributed by atoms with Crippen molar-refractivity contribution in [3.8, 4) is 0 Å². The van der Waals surface area contributed by atoms with Gasteiger partial charge in [-0.15, -0.1) is 0 Å². The molecule has 0 fully saturated rings. The SMILES string of the molecule is CCCCCCCCC/C=C/C=C/CCCCCCCC(=O)OCC(COCCC(C(=O)O)[N+](C)(C)C)OC(=O)CCCCC/C=C/C=C/CCCCCCCCC. The van der Waals surface area contributed by atoms with E-state index in [0.717, 1.165) is 70.6 Å². The minimum atomic E-state index is -0.882. The van der Waals surface area contributed by atoms with Crippen molar-refractivity contribution in [2.45, 2.75) is 212 Å². The quantitative estimate of drug-likeness (QED) is 0.0283. The van der Waals surface area contributed by atoms with Gasteiger partial charge in [-0.1, -0.05) is 165 Å². The zero-order chi connectivity index (χ0) is 42.8. The van der Waals surface area contributed by atoms with Crippen LogP contribution in [0.25, 0.3) is 0 Å². The molecule has 336 valence electrons. The van der Waals surface area contributed by atoms with E-state index in [4.69, 9.17) is 14.2 Å². The molecule has 0 heterocycles. The molecule has 0 radical (unpaired) electrons. The third kappa shape index (κ3) is 38.8. The fourth-order valence-corrected chi connectivity index (χ4v) is 6.78. The minimum absolute atomic E-state index is 0.0448. The molecule has 0 spiro atoms. The number of carbonyl (C=O) groups excluding carboxylic acids is 2. The summed E-state index contributed by atoms with van der Waals surface area (Å²) >= 11 is 0. The maximum Gasteiger partial charge on any atom is 0.362 e. The highest BCUT2D eigenvalue weighted by Crippen LogP contribution is 2.13. The predicted octanol–water partition coefficient (Wildman–Crippen LogP) is 13.2. The first kappa shape index (κ1) is 55.3. The molecule has 0 saturated heterocycles. The number of hydrogen-bond acceptors (Lipinski definition) is 6. The second-order valence-electron chi connectivity index (χ2n) is 17.1. The molecule has 0 aromatic carbocycles. The maximum absolute atomic E-state index is 12.7. The molecule has 0 aliphatic carbocycles. The Morgan fingerprint density at radius 2 is 0.897 bits per heavy atom. The van der Waals surface area contributed by atoms with Gasteiger partial charge in [-0.3, -0.25) is 9.59 Å². The lowest BCUT2D eigenvalue weighted by Crippen LogP contribution is -2.50. The lowest BCUT2D eigenvalue weighted by atomic mass is 10.1. The first-order valence-electron chi connectivity index (χ1n) is 23.7. The molecule has 8 nitrogen and oxygen atoms in total. The Labute approximate surface area is 356 Å². The van der Waals surface area contributed by atoms with Crippen LogP contribution in [0.2, 0.25) is 0 Å².